The molecule has 1 aliphatic carbocycles. The molecule has 1 fully saturated rings. The van der Waals surface area contributed by atoms with Gasteiger partial charge in [-0.25, -0.2) is 5.43 Å². The Balaban J connectivity index is 1.85. The molecule has 0 saturated heterocycles. The number of nitrogens with one attached hydrogen (secondary N) is 2. The lowest BCUT2D eigenvalue weighted by Crippen LogP contribution is -2.20. The zero-order valence-electron chi connectivity index (χ0n) is 13.7. The number of unbranched alkanes of at least 4 members (excludes halogenated alkanes) is 1. The lowest BCUT2D eigenvalue weighted by Gasteiger charge is -2.12. The summed E-state index contributed by atoms with van der Waals surface area (Å²) in [5, 5.41) is 7.04. The SMILES string of the molecule is CCCCC(=O)Nc1ccc(C(=O)NN=C2CCCCC2)cc1. The fourth-order valence-corrected chi connectivity index (χ4v) is 2.53. The first-order valence-electron chi connectivity index (χ1n) is 8.44. The molecule has 1 aliphatic rings. The number of carbonyl (C=O) groups excluding carboxylic acids is 2. The van der Waals surface area contributed by atoms with Crippen LogP contribution in [0.15, 0.2) is 29.4 Å². The zero-order valence-corrected chi connectivity index (χ0v) is 13.7. The van der Waals surface area contributed by atoms with Crippen LogP contribution in [-0.4, -0.2) is 17.5 Å². The van der Waals surface area contributed by atoms with E-state index in [9.17, 15) is 9.59 Å². The van der Waals surface area contributed by atoms with Crippen LogP contribution in [0.1, 0.15) is 68.6 Å². The lowest BCUT2D eigenvalue weighted by molar-refractivity contribution is -0.116. The molecule has 5 heteroatoms. The number of hydrogen-bond acceptors (Lipinski definition) is 3. The van der Waals surface area contributed by atoms with E-state index < -0.39 is 0 Å². The number of carbonyl (C=O) groups is 2. The molecule has 0 atom stereocenters. The molecule has 0 heterocycles. The number of nitrogens with zero attached hydrogens (tertiary/aromatic N) is 1. The first-order chi connectivity index (χ1) is 11.2. The number of hydrogen-bond donors (Lipinski definition) is 2. The van der Waals surface area contributed by atoms with Gasteiger partial charge in [-0.3, -0.25) is 9.59 Å². The van der Waals surface area contributed by atoms with E-state index in [0.29, 0.717) is 17.7 Å². The van der Waals surface area contributed by atoms with Gasteiger partial charge in [-0.2, -0.15) is 5.10 Å². The normalized spacial score (nSPS) is 14.2. The summed E-state index contributed by atoms with van der Waals surface area (Å²) in [5.74, 6) is -0.209. The average Bonchev–Trinajstić information content (AvgIpc) is 2.59. The summed E-state index contributed by atoms with van der Waals surface area (Å²) in [5.41, 5.74) is 4.94. The van der Waals surface area contributed by atoms with E-state index in [4.69, 9.17) is 0 Å². The Morgan fingerprint density at radius 3 is 2.43 bits per heavy atom. The van der Waals surface area contributed by atoms with Gasteiger partial charge in [0.25, 0.3) is 5.91 Å². The van der Waals surface area contributed by atoms with Crippen LogP contribution in [-0.2, 0) is 4.79 Å². The van der Waals surface area contributed by atoms with Gasteiger partial charge in [0.05, 0.1) is 0 Å². The molecule has 0 bridgehead atoms. The van der Waals surface area contributed by atoms with Gasteiger partial charge in [0.15, 0.2) is 0 Å². The maximum Gasteiger partial charge on any atom is 0.271 e. The smallest absolute Gasteiger partial charge is 0.271 e. The van der Waals surface area contributed by atoms with Crippen LogP contribution in [0, 0.1) is 0 Å². The minimum atomic E-state index is -0.216. The van der Waals surface area contributed by atoms with Gasteiger partial charge in [-0.05, 0) is 56.4 Å². The summed E-state index contributed by atoms with van der Waals surface area (Å²) in [6.45, 7) is 2.05. The van der Waals surface area contributed by atoms with Crippen molar-refractivity contribution in [1.82, 2.24) is 5.43 Å². The van der Waals surface area contributed by atoms with Crippen molar-refractivity contribution in [2.24, 2.45) is 5.10 Å². The van der Waals surface area contributed by atoms with Gasteiger partial charge in [0, 0.05) is 23.4 Å². The second kappa shape index (κ2) is 9.08. The molecule has 23 heavy (non-hydrogen) atoms. The average molecular weight is 315 g/mol. The fraction of sp³-hybridized carbons (Fsp3) is 0.500. The van der Waals surface area contributed by atoms with Gasteiger partial charge in [-0.15, -0.1) is 0 Å². The molecule has 0 aromatic heterocycles. The Hall–Kier alpha value is -2.17. The summed E-state index contributed by atoms with van der Waals surface area (Å²) < 4.78 is 0. The second-order valence-corrected chi connectivity index (χ2v) is 5.91. The van der Waals surface area contributed by atoms with Crippen molar-refractivity contribution in [3.63, 3.8) is 0 Å². The Labute approximate surface area is 137 Å². The Morgan fingerprint density at radius 2 is 1.78 bits per heavy atom. The molecular weight excluding hydrogens is 290 g/mol. The van der Waals surface area contributed by atoms with E-state index in [1.807, 2.05) is 0 Å². The number of rotatable bonds is 6. The quantitative estimate of drug-likeness (QED) is 0.782. The lowest BCUT2D eigenvalue weighted by atomic mass is 9.99. The van der Waals surface area contributed by atoms with E-state index in [0.717, 1.165) is 44.2 Å². The number of anilines is 1. The molecule has 124 valence electrons. The topological polar surface area (TPSA) is 70.6 Å². The predicted molar refractivity (Wildman–Crippen MR) is 92.6 cm³/mol. The molecule has 0 aliphatic heterocycles. The van der Waals surface area contributed by atoms with Gasteiger partial charge >= 0.3 is 0 Å². The molecule has 5 nitrogen and oxygen atoms in total. The molecule has 2 rings (SSSR count). The van der Waals surface area contributed by atoms with E-state index in [-0.39, 0.29) is 11.8 Å². The van der Waals surface area contributed by atoms with Crippen molar-refractivity contribution < 1.29 is 9.59 Å². The Bertz CT molecular complexity index is 556. The number of hydrazone groups is 1. The van der Waals surface area contributed by atoms with Crippen molar-refractivity contribution in [1.29, 1.82) is 0 Å². The molecule has 1 saturated carbocycles. The standard InChI is InChI=1S/C18H25N3O2/c1-2-3-9-17(22)19-15-12-10-14(11-13-15)18(23)21-20-16-7-5-4-6-8-16/h10-13H,2-9H2,1H3,(H,19,22)(H,21,23). The van der Waals surface area contributed by atoms with Crippen molar-refractivity contribution >= 4 is 23.2 Å². The van der Waals surface area contributed by atoms with Crippen LogP contribution < -0.4 is 10.7 Å². The predicted octanol–water partition coefficient (Wildman–Crippen LogP) is 3.87. The monoisotopic (exact) mass is 315 g/mol. The summed E-state index contributed by atoms with van der Waals surface area (Å²) in [7, 11) is 0. The van der Waals surface area contributed by atoms with E-state index >= 15 is 0 Å². The molecule has 1 aromatic carbocycles. The molecule has 2 N–H and O–H groups in total. The first-order valence-corrected chi connectivity index (χ1v) is 8.44. The molecule has 2 amide bonds. The maximum atomic E-state index is 12.1. The summed E-state index contributed by atoms with van der Waals surface area (Å²) >= 11 is 0. The molecule has 0 unspecified atom stereocenters. The van der Waals surface area contributed by atoms with Crippen LogP contribution in [0.4, 0.5) is 5.69 Å². The molecule has 0 spiro atoms. The second-order valence-electron chi connectivity index (χ2n) is 5.91. The number of benzene rings is 1. The van der Waals surface area contributed by atoms with Crippen LogP contribution in [0.25, 0.3) is 0 Å². The third-order valence-electron chi connectivity index (χ3n) is 3.93. The van der Waals surface area contributed by atoms with Crippen molar-refractivity contribution in [2.75, 3.05) is 5.32 Å². The summed E-state index contributed by atoms with van der Waals surface area (Å²) in [4.78, 5) is 23.7. The van der Waals surface area contributed by atoms with Crippen LogP contribution in [0.2, 0.25) is 0 Å². The van der Waals surface area contributed by atoms with E-state index in [2.05, 4.69) is 22.8 Å². The van der Waals surface area contributed by atoms with E-state index in [1.54, 1.807) is 24.3 Å². The highest BCUT2D eigenvalue weighted by atomic mass is 16.2. The van der Waals surface area contributed by atoms with Gasteiger partial charge in [-0.1, -0.05) is 19.8 Å². The summed E-state index contributed by atoms with van der Waals surface area (Å²) in [6, 6.07) is 6.89. The van der Waals surface area contributed by atoms with Gasteiger partial charge < -0.3 is 5.32 Å². The van der Waals surface area contributed by atoms with Crippen molar-refractivity contribution in [3.05, 3.63) is 29.8 Å². The highest BCUT2D eigenvalue weighted by molar-refractivity contribution is 5.96. The van der Waals surface area contributed by atoms with Crippen molar-refractivity contribution in [3.8, 4) is 0 Å². The molecule has 1 aromatic rings. The minimum absolute atomic E-state index is 0.00718. The Kier molecular flexibility index (Phi) is 6.78. The van der Waals surface area contributed by atoms with Gasteiger partial charge in [0.1, 0.15) is 0 Å². The Morgan fingerprint density at radius 1 is 1.09 bits per heavy atom. The molecular formula is C18H25N3O2. The molecule has 0 radical (unpaired) electrons. The number of amides is 2. The minimum Gasteiger partial charge on any atom is -0.326 e. The highest BCUT2D eigenvalue weighted by Crippen LogP contribution is 2.14. The fourth-order valence-electron chi connectivity index (χ4n) is 2.53. The van der Waals surface area contributed by atoms with Crippen LogP contribution >= 0.6 is 0 Å². The maximum absolute atomic E-state index is 12.1. The largest absolute Gasteiger partial charge is 0.326 e. The third-order valence-corrected chi connectivity index (χ3v) is 3.93. The third kappa shape index (κ3) is 5.85. The zero-order chi connectivity index (χ0) is 16.5. The van der Waals surface area contributed by atoms with Crippen molar-refractivity contribution in [2.45, 2.75) is 58.3 Å². The first kappa shape index (κ1) is 17.2. The van der Waals surface area contributed by atoms with Crippen LogP contribution in [0.5, 0.6) is 0 Å². The van der Waals surface area contributed by atoms with Crippen LogP contribution in [0.3, 0.4) is 0 Å². The van der Waals surface area contributed by atoms with Gasteiger partial charge in [0.2, 0.25) is 5.91 Å². The summed E-state index contributed by atoms with van der Waals surface area (Å²) in [6.07, 6.45) is 7.91. The van der Waals surface area contributed by atoms with E-state index in [1.165, 1.54) is 6.42 Å². The highest BCUT2D eigenvalue weighted by Gasteiger charge is 2.09.